The summed E-state index contributed by atoms with van der Waals surface area (Å²) in [4.78, 5) is 0.173. The van der Waals surface area contributed by atoms with Gasteiger partial charge in [0, 0.05) is 19.1 Å². The predicted molar refractivity (Wildman–Crippen MR) is 58.9 cm³/mol. The van der Waals surface area contributed by atoms with Crippen molar-refractivity contribution >= 4 is 18.2 Å². The van der Waals surface area contributed by atoms with E-state index in [-0.39, 0.29) is 4.90 Å². The lowest BCUT2D eigenvalue weighted by Gasteiger charge is -2.13. The third-order valence-corrected chi connectivity index (χ3v) is 5.61. The molecule has 0 aromatic heterocycles. The van der Waals surface area contributed by atoms with E-state index in [2.05, 4.69) is 9.05 Å². The highest BCUT2D eigenvalue weighted by Gasteiger charge is 2.31. The van der Waals surface area contributed by atoms with Crippen molar-refractivity contribution in [1.29, 1.82) is 0 Å². The summed E-state index contributed by atoms with van der Waals surface area (Å²) in [5.41, 5.74) is -0.804. The van der Waals surface area contributed by atoms with Crippen molar-refractivity contribution in [3.63, 3.8) is 0 Å². The van der Waals surface area contributed by atoms with Gasteiger partial charge in [-0.25, -0.2) is 4.57 Å². The number of benzene rings is 1. The normalized spacial score (nSPS) is 12.8. The second kappa shape index (κ2) is 5.44. The van der Waals surface area contributed by atoms with Crippen LogP contribution in [-0.2, 0) is 19.8 Å². The molecule has 1 rings (SSSR count). The molecule has 0 aliphatic rings. The molecule has 0 heterocycles. The van der Waals surface area contributed by atoms with E-state index in [9.17, 15) is 17.7 Å². The van der Waals surface area contributed by atoms with Crippen LogP contribution in [0.1, 0.15) is 5.56 Å². The first kappa shape index (κ1) is 14.6. The smallest absolute Gasteiger partial charge is 0.304 e. The van der Waals surface area contributed by atoms with Gasteiger partial charge in [-0.1, -0.05) is 6.07 Å². The Bertz CT molecular complexity index is 428. The molecule has 0 radical (unpaired) electrons. The zero-order valence-corrected chi connectivity index (χ0v) is 10.7. The maximum absolute atomic E-state index is 12.4. The standard InChI is InChI=1S/C9H10F3O3PS/c1-14-16(13,15-2)17-8-5-3-4-7(6-8)9(10,11)12/h3-6H,1-2H3. The molecule has 0 bridgehead atoms. The van der Waals surface area contributed by atoms with E-state index in [1.165, 1.54) is 26.4 Å². The highest BCUT2D eigenvalue weighted by atomic mass is 32.7. The molecule has 0 aliphatic heterocycles. The predicted octanol–water partition coefficient (Wildman–Crippen LogP) is 4.20. The lowest BCUT2D eigenvalue weighted by Crippen LogP contribution is -2.04. The molecule has 0 aliphatic carbocycles. The van der Waals surface area contributed by atoms with E-state index >= 15 is 0 Å². The Morgan fingerprint density at radius 3 is 2.29 bits per heavy atom. The maximum Gasteiger partial charge on any atom is 0.416 e. The Morgan fingerprint density at radius 2 is 1.82 bits per heavy atom. The number of hydrogen-bond acceptors (Lipinski definition) is 4. The molecule has 96 valence electrons. The van der Waals surface area contributed by atoms with E-state index in [1.54, 1.807) is 0 Å². The van der Waals surface area contributed by atoms with Crippen LogP contribution in [0.15, 0.2) is 29.2 Å². The van der Waals surface area contributed by atoms with Gasteiger partial charge in [0.1, 0.15) is 0 Å². The molecule has 0 unspecified atom stereocenters. The first-order chi connectivity index (χ1) is 7.80. The topological polar surface area (TPSA) is 35.5 Å². The van der Waals surface area contributed by atoms with Gasteiger partial charge in [-0.05, 0) is 29.6 Å². The molecular weight excluding hydrogens is 276 g/mol. The zero-order valence-electron chi connectivity index (χ0n) is 9.02. The van der Waals surface area contributed by atoms with Crippen LogP contribution in [0.2, 0.25) is 0 Å². The molecular formula is C9H10F3O3PS. The minimum absolute atomic E-state index is 0.173. The van der Waals surface area contributed by atoms with Crippen LogP contribution in [0.5, 0.6) is 0 Å². The Kier molecular flexibility index (Phi) is 4.66. The third-order valence-electron chi connectivity index (χ3n) is 1.83. The van der Waals surface area contributed by atoms with Gasteiger partial charge in [0.2, 0.25) is 0 Å². The maximum atomic E-state index is 12.4. The first-order valence-electron chi connectivity index (χ1n) is 4.39. The summed E-state index contributed by atoms with van der Waals surface area (Å²) in [6.07, 6.45) is -4.43. The Morgan fingerprint density at radius 1 is 1.24 bits per heavy atom. The van der Waals surface area contributed by atoms with Crippen molar-refractivity contribution in [3.05, 3.63) is 29.8 Å². The quantitative estimate of drug-likeness (QED) is 0.777. The highest BCUT2D eigenvalue weighted by Crippen LogP contribution is 2.62. The van der Waals surface area contributed by atoms with Crippen LogP contribution in [0.4, 0.5) is 13.2 Å². The minimum Gasteiger partial charge on any atom is -0.304 e. The van der Waals surface area contributed by atoms with E-state index in [0.717, 1.165) is 12.1 Å². The van der Waals surface area contributed by atoms with Gasteiger partial charge in [-0.2, -0.15) is 13.2 Å². The van der Waals surface area contributed by atoms with Gasteiger partial charge in [0.25, 0.3) is 0 Å². The molecule has 0 atom stereocenters. The highest BCUT2D eigenvalue weighted by molar-refractivity contribution is 8.55. The van der Waals surface area contributed by atoms with Crippen molar-refractivity contribution < 1.29 is 26.8 Å². The summed E-state index contributed by atoms with van der Waals surface area (Å²) in [7, 11) is 2.34. The van der Waals surface area contributed by atoms with E-state index < -0.39 is 18.5 Å². The van der Waals surface area contributed by atoms with Crippen molar-refractivity contribution in [1.82, 2.24) is 0 Å². The first-order valence-corrected chi connectivity index (χ1v) is 7.35. The third kappa shape index (κ3) is 4.03. The van der Waals surface area contributed by atoms with Gasteiger partial charge in [0.15, 0.2) is 0 Å². The molecule has 0 spiro atoms. The molecule has 0 fully saturated rings. The number of halogens is 3. The van der Waals surface area contributed by atoms with Crippen LogP contribution >= 0.6 is 18.2 Å². The lowest BCUT2D eigenvalue weighted by atomic mass is 10.2. The van der Waals surface area contributed by atoms with Gasteiger partial charge >= 0.3 is 13.0 Å². The Labute approximate surface area is 101 Å². The van der Waals surface area contributed by atoms with Crippen LogP contribution in [0, 0.1) is 0 Å². The van der Waals surface area contributed by atoms with Crippen LogP contribution in [0.3, 0.4) is 0 Å². The molecule has 17 heavy (non-hydrogen) atoms. The summed E-state index contributed by atoms with van der Waals surface area (Å²) in [5.74, 6) is 0. The molecule has 0 N–H and O–H groups in total. The number of hydrogen-bond donors (Lipinski definition) is 0. The fourth-order valence-electron chi connectivity index (χ4n) is 1.01. The van der Waals surface area contributed by atoms with Crippen LogP contribution in [0.25, 0.3) is 0 Å². The second-order valence-corrected chi connectivity index (χ2v) is 7.10. The molecule has 8 heteroatoms. The fraction of sp³-hybridized carbons (Fsp3) is 0.333. The molecule has 0 saturated carbocycles. The largest absolute Gasteiger partial charge is 0.416 e. The molecule has 1 aromatic rings. The summed E-state index contributed by atoms with van der Waals surface area (Å²) in [6.45, 7) is -3.43. The minimum atomic E-state index is -4.43. The van der Waals surface area contributed by atoms with Gasteiger partial charge < -0.3 is 9.05 Å². The summed E-state index contributed by atoms with van der Waals surface area (Å²) in [5, 5.41) is 0. The summed E-state index contributed by atoms with van der Waals surface area (Å²) >= 11 is 0.632. The van der Waals surface area contributed by atoms with E-state index in [4.69, 9.17) is 0 Å². The monoisotopic (exact) mass is 286 g/mol. The van der Waals surface area contributed by atoms with Gasteiger partial charge in [0.05, 0.1) is 5.56 Å². The van der Waals surface area contributed by atoms with Crippen molar-refractivity contribution in [3.8, 4) is 0 Å². The summed E-state index contributed by atoms with van der Waals surface area (Å²) < 4.78 is 58.3. The van der Waals surface area contributed by atoms with E-state index in [0.29, 0.717) is 11.4 Å². The number of rotatable bonds is 4. The average Bonchev–Trinajstić information content (AvgIpc) is 2.28. The van der Waals surface area contributed by atoms with Gasteiger partial charge in [-0.15, -0.1) is 0 Å². The van der Waals surface area contributed by atoms with E-state index in [1.807, 2.05) is 0 Å². The van der Waals surface area contributed by atoms with Crippen LogP contribution in [-0.4, -0.2) is 14.2 Å². The molecule has 0 amide bonds. The summed E-state index contributed by atoms with van der Waals surface area (Å²) in [6, 6.07) is 4.48. The molecule has 0 saturated heterocycles. The molecule has 1 aromatic carbocycles. The average molecular weight is 286 g/mol. The lowest BCUT2D eigenvalue weighted by molar-refractivity contribution is -0.137. The SMILES string of the molecule is COP(=O)(OC)Sc1cccc(C(F)(F)F)c1. The van der Waals surface area contributed by atoms with Gasteiger partial charge in [-0.3, -0.25) is 0 Å². The Hall–Kier alpha value is -0.490. The Balaban J connectivity index is 2.98. The van der Waals surface area contributed by atoms with Crippen molar-refractivity contribution in [2.24, 2.45) is 0 Å². The molecule has 3 nitrogen and oxygen atoms in total. The second-order valence-electron chi connectivity index (χ2n) is 2.93. The fourth-order valence-corrected chi connectivity index (χ4v) is 3.45. The zero-order chi connectivity index (χ0) is 13.1. The van der Waals surface area contributed by atoms with Crippen LogP contribution < -0.4 is 0 Å². The van der Waals surface area contributed by atoms with Crippen molar-refractivity contribution in [2.75, 3.05) is 14.2 Å². The number of alkyl halides is 3. The van der Waals surface area contributed by atoms with Crippen molar-refractivity contribution in [2.45, 2.75) is 11.1 Å².